The summed E-state index contributed by atoms with van der Waals surface area (Å²) in [6.07, 6.45) is 3.27. The minimum absolute atomic E-state index is 0.0591. The maximum Gasteiger partial charge on any atom is 0.260 e. The molecule has 7 nitrogen and oxygen atoms in total. The summed E-state index contributed by atoms with van der Waals surface area (Å²) in [5.41, 5.74) is 2.66. The van der Waals surface area contributed by atoms with Crippen LogP contribution in [0.2, 0.25) is 0 Å². The monoisotopic (exact) mass is 299 g/mol. The van der Waals surface area contributed by atoms with Gasteiger partial charge in [-0.3, -0.25) is 5.84 Å². The number of sulfonamides is 1. The van der Waals surface area contributed by atoms with Crippen LogP contribution in [0.4, 0.5) is 5.69 Å². The summed E-state index contributed by atoms with van der Waals surface area (Å²) < 4.78 is 27.5. The third-order valence-electron chi connectivity index (χ3n) is 3.46. The zero-order chi connectivity index (χ0) is 14.6. The van der Waals surface area contributed by atoms with Crippen molar-refractivity contribution in [3.8, 4) is 0 Å². The van der Waals surface area contributed by atoms with Gasteiger partial charge in [-0.1, -0.05) is 6.92 Å². The number of piperidine rings is 1. The zero-order valence-corrected chi connectivity index (χ0v) is 12.4. The molecule has 2 heterocycles. The van der Waals surface area contributed by atoms with E-state index in [0.29, 0.717) is 5.69 Å². The lowest BCUT2D eigenvalue weighted by molar-refractivity contribution is 0.211. The fraction of sp³-hybridized carbons (Fsp3) is 0.583. The lowest BCUT2D eigenvalue weighted by atomic mass is 10.1. The first kappa shape index (κ1) is 15.2. The van der Waals surface area contributed by atoms with Crippen molar-refractivity contribution in [1.82, 2.24) is 14.6 Å². The van der Waals surface area contributed by atoms with Crippen LogP contribution >= 0.6 is 0 Å². The number of nitrogens with zero attached hydrogens (tertiary/aromatic N) is 2. The number of nitrogen functional groups attached to an aromatic ring is 1. The normalized spacial score (nSPS) is 20.8. The van der Waals surface area contributed by atoms with E-state index >= 15 is 0 Å². The molecule has 8 heteroatoms. The second-order valence-electron chi connectivity index (χ2n) is 4.85. The Labute approximate surface area is 119 Å². The Bertz CT molecular complexity index is 549. The Hall–Kier alpha value is -1.22. The van der Waals surface area contributed by atoms with Crippen molar-refractivity contribution in [3.05, 3.63) is 18.3 Å². The number of likely N-dealkylation sites (N-methyl/N-ethyl adjacent to an activating group) is 1. The third-order valence-corrected chi connectivity index (χ3v) is 4.93. The van der Waals surface area contributed by atoms with Crippen molar-refractivity contribution in [1.29, 1.82) is 0 Å². The first-order chi connectivity index (χ1) is 9.56. The van der Waals surface area contributed by atoms with Crippen LogP contribution in [0.3, 0.4) is 0 Å². The van der Waals surface area contributed by atoms with E-state index in [2.05, 4.69) is 27.0 Å². The topological polar surface area (TPSA) is 100 Å². The number of nitrogens with two attached hydrogens (primary N) is 1. The van der Waals surface area contributed by atoms with Crippen molar-refractivity contribution in [2.24, 2.45) is 5.84 Å². The molecule has 1 aromatic rings. The molecule has 0 aromatic carbocycles. The highest BCUT2D eigenvalue weighted by Gasteiger charge is 2.27. The SMILES string of the molecule is CCN1CCCC(NS(=O)(=O)c2ncccc2NN)C1. The number of hydrazine groups is 1. The second kappa shape index (κ2) is 6.49. The largest absolute Gasteiger partial charge is 0.321 e. The molecule has 1 unspecified atom stereocenters. The molecule has 1 saturated heterocycles. The van der Waals surface area contributed by atoms with E-state index in [1.165, 1.54) is 6.20 Å². The number of aromatic nitrogens is 1. The molecule has 1 aliphatic heterocycles. The fourth-order valence-electron chi connectivity index (χ4n) is 2.43. The van der Waals surface area contributed by atoms with E-state index in [-0.39, 0.29) is 11.1 Å². The summed E-state index contributed by atoms with van der Waals surface area (Å²) in [4.78, 5) is 6.15. The number of nitrogens with one attached hydrogen (secondary N) is 2. The van der Waals surface area contributed by atoms with Gasteiger partial charge in [0, 0.05) is 18.8 Å². The quantitative estimate of drug-likeness (QED) is 0.528. The lowest BCUT2D eigenvalue weighted by Gasteiger charge is -2.32. The van der Waals surface area contributed by atoms with Gasteiger partial charge in [0.25, 0.3) is 10.0 Å². The molecule has 1 aromatic heterocycles. The van der Waals surface area contributed by atoms with Gasteiger partial charge in [0.15, 0.2) is 5.03 Å². The summed E-state index contributed by atoms with van der Waals surface area (Å²) in [5.74, 6) is 5.33. The molecule has 1 fully saturated rings. The predicted octanol–water partition coefficient (Wildman–Crippen LogP) is 0.130. The first-order valence-corrected chi connectivity index (χ1v) is 8.21. The maximum absolute atomic E-state index is 12.4. The molecule has 0 amide bonds. The number of anilines is 1. The molecule has 1 atom stereocenters. The minimum atomic E-state index is -3.66. The van der Waals surface area contributed by atoms with Crippen LogP contribution in [-0.4, -0.2) is 44.0 Å². The Morgan fingerprint density at radius 2 is 2.35 bits per heavy atom. The summed E-state index contributed by atoms with van der Waals surface area (Å²) in [7, 11) is -3.66. The van der Waals surface area contributed by atoms with Gasteiger partial charge < -0.3 is 10.3 Å². The van der Waals surface area contributed by atoms with Gasteiger partial charge in [0.05, 0.1) is 5.69 Å². The van der Waals surface area contributed by atoms with Gasteiger partial charge in [-0.05, 0) is 38.1 Å². The maximum atomic E-state index is 12.4. The Morgan fingerprint density at radius 3 is 3.05 bits per heavy atom. The molecular weight excluding hydrogens is 278 g/mol. The van der Waals surface area contributed by atoms with E-state index in [9.17, 15) is 8.42 Å². The summed E-state index contributed by atoms with van der Waals surface area (Å²) in [5, 5.41) is -0.0591. The van der Waals surface area contributed by atoms with Crippen LogP contribution < -0.4 is 16.0 Å². The number of likely N-dealkylation sites (tertiary alicyclic amines) is 1. The molecule has 0 saturated carbocycles. The van der Waals surface area contributed by atoms with Crippen molar-refractivity contribution in [3.63, 3.8) is 0 Å². The van der Waals surface area contributed by atoms with Crippen LogP contribution in [-0.2, 0) is 10.0 Å². The number of pyridine rings is 1. The molecule has 2 rings (SSSR count). The molecule has 20 heavy (non-hydrogen) atoms. The Balaban J connectivity index is 2.14. The predicted molar refractivity (Wildman–Crippen MR) is 77.5 cm³/mol. The molecule has 0 spiro atoms. The zero-order valence-electron chi connectivity index (χ0n) is 11.5. The highest BCUT2D eigenvalue weighted by atomic mass is 32.2. The van der Waals surface area contributed by atoms with E-state index in [1.54, 1.807) is 12.1 Å². The van der Waals surface area contributed by atoms with Gasteiger partial charge in [-0.2, -0.15) is 0 Å². The third kappa shape index (κ3) is 3.45. The molecule has 0 bridgehead atoms. The molecule has 112 valence electrons. The van der Waals surface area contributed by atoms with E-state index < -0.39 is 10.0 Å². The summed E-state index contributed by atoms with van der Waals surface area (Å²) in [6.45, 7) is 4.76. The van der Waals surface area contributed by atoms with Crippen LogP contribution in [0.15, 0.2) is 23.4 Å². The van der Waals surface area contributed by atoms with Gasteiger partial charge in [0.2, 0.25) is 0 Å². The van der Waals surface area contributed by atoms with E-state index in [0.717, 1.165) is 32.5 Å². The molecule has 0 radical (unpaired) electrons. The summed E-state index contributed by atoms with van der Waals surface area (Å²) in [6, 6.07) is 3.13. The van der Waals surface area contributed by atoms with E-state index in [1.807, 2.05) is 0 Å². The molecule has 1 aliphatic rings. The second-order valence-corrected chi connectivity index (χ2v) is 6.48. The highest BCUT2D eigenvalue weighted by molar-refractivity contribution is 7.89. The molecule has 0 aliphatic carbocycles. The van der Waals surface area contributed by atoms with E-state index in [4.69, 9.17) is 5.84 Å². The number of rotatable bonds is 5. The number of hydrogen-bond acceptors (Lipinski definition) is 6. The van der Waals surface area contributed by atoms with Crippen molar-refractivity contribution in [2.75, 3.05) is 25.1 Å². The smallest absolute Gasteiger partial charge is 0.260 e. The van der Waals surface area contributed by atoms with Crippen molar-refractivity contribution in [2.45, 2.75) is 30.8 Å². The van der Waals surface area contributed by atoms with Crippen LogP contribution in [0.25, 0.3) is 0 Å². The Kier molecular flexibility index (Phi) is 4.92. The van der Waals surface area contributed by atoms with Crippen molar-refractivity contribution >= 4 is 15.7 Å². The molecule has 4 N–H and O–H groups in total. The molecular formula is C12H21N5O2S. The average Bonchev–Trinajstić information content (AvgIpc) is 2.47. The van der Waals surface area contributed by atoms with Crippen LogP contribution in [0, 0.1) is 0 Å². The first-order valence-electron chi connectivity index (χ1n) is 6.73. The average molecular weight is 299 g/mol. The van der Waals surface area contributed by atoms with Gasteiger partial charge in [-0.15, -0.1) is 0 Å². The van der Waals surface area contributed by atoms with Crippen LogP contribution in [0.5, 0.6) is 0 Å². The van der Waals surface area contributed by atoms with Crippen molar-refractivity contribution < 1.29 is 8.42 Å². The fourth-order valence-corrected chi connectivity index (χ4v) is 3.79. The minimum Gasteiger partial charge on any atom is -0.321 e. The summed E-state index contributed by atoms with van der Waals surface area (Å²) >= 11 is 0. The van der Waals surface area contributed by atoms with Gasteiger partial charge >= 0.3 is 0 Å². The Morgan fingerprint density at radius 1 is 1.55 bits per heavy atom. The van der Waals surface area contributed by atoms with Gasteiger partial charge in [-0.25, -0.2) is 18.1 Å². The standard InChI is InChI=1S/C12H21N5O2S/c1-2-17-8-4-5-10(9-17)16-20(18,19)12-11(15-13)6-3-7-14-12/h3,6-7,10,15-16H,2,4-5,8-9,13H2,1H3. The highest BCUT2D eigenvalue weighted by Crippen LogP contribution is 2.18. The van der Waals surface area contributed by atoms with Gasteiger partial charge in [0.1, 0.15) is 0 Å². The van der Waals surface area contributed by atoms with Crippen LogP contribution in [0.1, 0.15) is 19.8 Å². The number of hydrogen-bond donors (Lipinski definition) is 3. The lowest BCUT2D eigenvalue weighted by Crippen LogP contribution is -2.47.